The van der Waals surface area contributed by atoms with Crippen LogP contribution in [-0.4, -0.2) is 31.8 Å². The fraction of sp³-hybridized carbons (Fsp3) is 0.0741. The summed E-state index contributed by atoms with van der Waals surface area (Å²) in [6.45, 7) is 3.98. The molecule has 0 aliphatic heterocycles. The molecule has 0 radical (unpaired) electrons. The van der Waals surface area contributed by atoms with E-state index in [1.807, 2.05) is 12.1 Å². The number of methoxy groups -OCH3 is 1. The summed E-state index contributed by atoms with van der Waals surface area (Å²) in [5.74, 6) is 0.775. The number of hydrogen-bond acceptors (Lipinski definition) is 7. The number of nitrogens with zero attached hydrogens (tertiary/aromatic N) is 1. The van der Waals surface area contributed by atoms with Gasteiger partial charge in [-0.05, 0) is 72.3 Å². The summed E-state index contributed by atoms with van der Waals surface area (Å²) in [5.41, 5.74) is 3.62. The Kier molecular flexibility index (Phi) is 7.99. The molecule has 7 nitrogen and oxygen atoms in total. The fourth-order valence-electron chi connectivity index (χ4n) is 3.17. The van der Waals surface area contributed by atoms with Gasteiger partial charge in [0, 0.05) is 15.6 Å². The Hall–Kier alpha value is -4.14. The summed E-state index contributed by atoms with van der Waals surface area (Å²) in [6, 6.07) is 18.8. The molecular formula is C27H21ClN2O5S. The lowest BCUT2D eigenvalue weighted by Gasteiger charge is -2.04. The molecule has 3 aromatic carbocycles. The number of rotatable bonds is 9. The van der Waals surface area contributed by atoms with E-state index in [-0.39, 0.29) is 5.91 Å². The Morgan fingerprint density at radius 2 is 1.72 bits per heavy atom. The first-order valence-electron chi connectivity index (χ1n) is 10.7. The minimum atomic E-state index is -0.547. The molecule has 0 fully saturated rings. The van der Waals surface area contributed by atoms with Gasteiger partial charge in [-0.1, -0.05) is 24.3 Å². The van der Waals surface area contributed by atoms with E-state index in [9.17, 15) is 9.59 Å². The standard InChI is InChI=1S/C27H21ClN2O5S/c1-3-14-34-19-10-6-18(7-11-19)26(31)30-29-16-17-4-8-20(9-5-17)35-27(32)25-24(28)22-13-12-21(33-2)15-23(22)36-25/h3-13,15-16H,1,14H2,2H3,(H,30,31)/b29-16-. The largest absolute Gasteiger partial charge is 0.497 e. The van der Waals surface area contributed by atoms with E-state index in [0.717, 1.165) is 10.1 Å². The molecule has 0 atom stereocenters. The van der Waals surface area contributed by atoms with E-state index in [1.54, 1.807) is 67.8 Å². The zero-order valence-electron chi connectivity index (χ0n) is 19.2. The van der Waals surface area contributed by atoms with Crippen LogP contribution in [0.5, 0.6) is 17.2 Å². The van der Waals surface area contributed by atoms with Crippen molar-refractivity contribution in [3.63, 3.8) is 0 Å². The molecule has 4 rings (SSSR count). The highest BCUT2D eigenvalue weighted by Crippen LogP contribution is 2.37. The fourth-order valence-corrected chi connectivity index (χ4v) is 4.58. The van der Waals surface area contributed by atoms with Crippen molar-refractivity contribution in [3.05, 3.63) is 100 Å². The van der Waals surface area contributed by atoms with Crippen LogP contribution in [-0.2, 0) is 0 Å². The minimum Gasteiger partial charge on any atom is -0.497 e. The number of halogens is 1. The molecule has 0 aliphatic rings. The summed E-state index contributed by atoms with van der Waals surface area (Å²) < 4.78 is 16.9. The van der Waals surface area contributed by atoms with E-state index < -0.39 is 5.97 Å². The van der Waals surface area contributed by atoms with Crippen molar-refractivity contribution in [3.8, 4) is 17.2 Å². The Morgan fingerprint density at radius 1 is 1.03 bits per heavy atom. The van der Waals surface area contributed by atoms with E-state index in [1.165, 1.54) is 17.6 Å². The summed E-state index contributed by atoms with van der Waals surface area (Å²) in [7, 11) is 1.58. The predicted molar refractivity (Wildman–Crippen MR) is 142 cm³/mol. The van der Waals surface area contributed by atoms with Gasteiger partial charge < -0.3 is 14.2 Å². The second-order valence-corrected chi connectivity index (χ2v) is 8.82. The minimum absolute atomic E-state index is 0.313. The van der Waals surface area contributed by atoms with E-state index >= 15 is 0 Å². The molecule has 0 spiro atoms. The highest BCUT2D eigenvalue weighted by molar-refractivity contribution is 7.21. The highest BCUT2D eigenvalue weighted by atomic mass is 35.5. The Morgan fingerprint density at radius 3 is 2.42 bits per heavy atom. The molecule has 0 saturated carbocycles. The van der Waals surface area contributed by atoms with E-state index in [2.05, 4.69) is 17.1 Å². The number of amides is 1. The quantitative estimate of drug-likeness (QED) is 0.0945. The van der Waals surface area contributed by atoms with Gasteiger partial charge in [-0.2, -0.15) is 5.10 Å². The molecule has 0 bridgehead atoms. The van der Waals surface area contributed by atoms with Crippen molar-refractivity contribution in [2.75, 3.05) is 13.7 Å². The first-order valence-corrected chi connectivity index (χ1v) is 11.9. The van der Waals surface area contributed by atoms with Crippen LogP contribution in [0.3, 0.4) is 0 Å². The maximum atomic E-state index is 12.7. The third-order valence-corrected chi connectivity index (χ3v) is 6.61. The van der Waals surface area contributed by atoms with Crippen LogP contribution >= 0.6 is 22.9 Å². The first-order chi connectivity index (χ1) is 17.5. The molecule has 0 unspecified atom stereocenters. The zero-order valence-corrected chi connectivity index (χ0v) is 20.8. The van der Waals surface area contributed by atoms with Crippen molar-refractivity contribution in [1.82, 2.24) is 5.43 Å². The van der Waals surface area contributed by atoms with Crippen molar-refractivity contribution in [1.29, 1.82) is 0 Å². The van der Waals surface area contributed by atoms with Crippen LogP contribution in [0.25, 0.3) is 10.1 Å². The average molecular weight is 521 g/mol. The van der Waals surface area contributed by atoms with Crippen LogP contribution in [0.15, 0.2) is 84.5 Å². The van der Waals surface area contributed by atoms with Crippen LogP contribution < -0.4 is 19.6 Å². The number of esters is 1. The number of hydrogen-bond donors (Lipinski definition) is 1. The van der Waals surface area contributed by atoms with Gasteiger partial charge in [0.25, 0.3) is 5.91 Å². The zero-order chi connectivity index (χ0) is 25.5. The van der Waals surface area contributed by atoms with Gasteiger partial charge in [0.1, 0.15) is 28.7 Å². The van der Waals surface area contributed by atoms with Crippen molar-refractivity contribution < 1.29 is 23.8 Å². The van der Waals surface area contributed by atoms with Crippen molar-refractivity contribution >= 4 is 51.1 Å². The van der Waals surface area contributed by atoms with Gasteiger partial charge in [-0.15, -0.1) is 11.3 Å². The predicted octanol–water partition coefficient (Wildman–Crippen LogP) is 6.11. The molecule has 36 heavy (non-hydrogen) atoms. The number of ether oxygens (including phenoxy) is 3. The number of thiophene rings is 1. The summed E-state index contributed by atoms with van der Waals surface area (Å²) in [5, 5.41) is 5.09. The van der Waals surface area contributed by atoms with E-state index in [4.69, 9.17) is 25.8 Å². The highest BCUT2D eigenvalue weighted by Gasteiger charge is 2.19. The van der Waals surface area contributed by atoms with Gasteiger partial charge in [0.15, 0.2) is 0 Å². The number of benzene rings is 3. The molecule has 9 heteroatoms. The lowest BCUT2D eigenvalue weighted by molar-refractivity contribution is 0.0739. The van der Waals surface area contributed by atoms with Gasteiger partial charge in [-0.3, -0.25) is 4.79 Å². The topological polar surface area (TPSA) is 86.2 Å². The van der Waals surface area contributed by atoms with Crippen LogP contribution in [0.2, 0.25) is 5.02 Å². The van der Waals surface area contributed by atoms with Crippen LogP contribution in [0, 0.1) is 0 Å². The van der Waals surface area contributed by atoms with Gasteiger partial charge in [0.2, 0.25) is 0 Å². The second kappa shape index (κ2) is 11.5. The van der Waals surface area contributed by atoms with Crippen LogP contribution in [0.1, 0.15) is 25.6 Å². The smallest absolute Gasteiger partial charge is 0.355 e. The van der Waals surface area contributed by atoms with Crippen molar-refractivity contribution in [2.45, 2.75) is 0 Å². The average Bonchev–Trinajstić information content (AvgIpc) is 3.24. The molecule has 1 N–H and O–H groups in total. The molecule has 0 aliphatic carbocycles. The molecule has 0 saturated heterocycles. The summed E-state index contributed by atoms with van der Waals surface area (Å²) in [4.78, 5) is 25.2. The Bertz CT molecular complexity index is 1430. The lowest BCUT2D eigenvalue weighted by Crippen LogP contribution is -2.17. The summed E-state index contributed by atoms with van der Waals surface area (Å²) >= 11 is 7.64. The van der Waals surface area contributed by atoms with Gasteiger partial charge in [-0.25, -0.2) is 10.2 Å². The normalized spacial score (nSPS) is 10.8. The maximum absolute atomic E-state index is 12.7. The van der Waals surface area contributed by atoms with Crippen LogP contribution in [0.4, 0.5) is 0 Å². The summed E-state index contributed by atoms with van der Waals surface area (Å²) in [6.07, 6.45) is 3.13. The SMILES string of the molecule is C=CCOc1ccc(C(=O)N/N=C\c2ccc(OC(=O)c3sc4cc(OC)ccc4c3Cl)cc2)cc1. The molecule has 182 valence electrons. The number of fused-ring (bicyclic) bond motifs is 1. The molecule has 1 heterocycles. The lowest BCUT2D eigenvalue weighted by atomic mass is 10.2. The number of hydrazone groups is 1. The third kappa shape index (κ3) is 5.91. The maximum Gasteiger partial charge on any atom is 0.355 e. The van der Waals surface area contributed by atoms with Gasteiger partial charge in [0.05, 0.1) is 18.3 Å². The monoisotopic (exact) mass is 520 g/mol. The number of nitrogens with one attached hydrogen (secondary N) is 1. The first kappa shape index (κ1) is 25.0. The molecule has 4 aromatic rings. The Balaban J connectivity index is 1.34. The molecule has 1 aromatic heterocycles. The number of carbonyl (C=O) groups excluding carboxylic acids is 2. The van der Waals surface area contributed by atoms with Crippen molar-refractivity contribution in [2.24, 2.45) is 5.10 Å². The second-order valence-electron chi connectivity index (χ2n) is 7.39. The molecular weight excluding hydrogens is 500 g/mol. The molecule has 1 amide bonds. The third-order valence-electron chi connectivity index (χ3n) is 4.98. The van der Waals surface area contributed by atoms with E-state index in [0.29, 0.717) is 44.9 Å². The Labute approximate surface area is 216 Å². The number of carbonyl (C=O) groups is 2. The van der Waals surface area contributed by atoms with Gasteiger partial charge >= 0.3 is 5.97 Å².